The molecule has 0 nitrogen and oxygen atoms in total. The highest BCUT2D eigenvalue weighted by Gasteiger charge is 2.02. The van der Waals surface area contributed by atoms with Crippen LogP contribution in [0.15, 0.2) is 0 Å². The minimum atomic E-state index is 0.949. The standard InChI is InChI=1S/C30H56/c1-4-6-8-10-12-14-16-18-20-22-24-26-28-30(3)29-27-25-23-21-19-17-15-13-11-9-7-5-2/h30H,1-2,4,6,8-29H2,3H3. The second-order valence-electron chi connectivity index (χ2n) is 9.71. The van der Waals surface area contributed by atoms with Crippen molar-refractivity contribution >= 4 is 0 Å². The SMILES string of the molecule is [CH2]C#CCCCCCCCCCCCC(C)CCCCCCCCCCCCC[CH2]. The van der Waals surface area contributed by atoms with E-state index in [1.165, 1.54) is 141 Å². The zero-order valence-corrected chi connectivity index (χ0v) is 21.0. The van der Waals surface area contributed by atoms with Gasteiger partial charge in [0.05, 0.1) is 0 Å². The van der Waals surface area contributed by atoms with Gasteiger partial charge in [-0.2, -0.15) is 0 Å². The smallest absolute Gasteiger partial charge is 0.0198 e. The van der Waals surface area contributed by atoms with E-state index in [2.05, 4.69) is 32.6 Å². The zero-order chi connectivity index (χ0) is 22.0. The summed E-state index contributed by atoms with van der Waals surface area (Å²) in [7, 11) is 0. The summed E-state index contributed by atoms with van der Waals surface area (Å²) in [6.45, 7) is 9.95. The lowest BCUT2D eigenvalue weighted by Crippen LogP contribution is -1.95. The number of hydrogen-bond acceptors (Lipinski definition) is 0. The predicted octanol–water partition coefficient (Wildman–Crippen LogP) is 10.7. The van der Waals surface area contributed by atoms with Crippen LogP contribution in [0.4, 0.5) is 0 Å². The molecule has 2 radical (unpaired) electrons. The van der Waals surface area contributed by atoms with Crippen molar-refractivity contribution < 1.29 is 0 Å². The average molecular weight is 417 g/mol. The largest absolute Gasteiger partial charge is 0.103 e. The van der Waals surface area contributed by atoms with Crippen LogP contribution in [-0.4, -0.2) is 0 Å². The van der Waals surface area contributed by atoms with E-state index in [0.29, 0.717) is 0 Å². The Morgan fingerprint density at radius 3 is 1.20 bits per heavy atom. The van der Waals surface area contributed by atoms with Crippen molar-refractivity contribution in [3.05, 3.63) is 13.8 Å². The van der Waals surface area contributed by atoms with Crippen molar-refractivity contribution in [2.45, 2.75) is 161 Å². The number of hydrogen-bond donors (Lipinski definition) is 0. The molecule has 0 N–H and O–H groups in total. The molecule has 0 heteroatoms. The van der Waals surface area contributed by atoms with E-state index in [9.17, 15) is 0 Å². The van der Waals surface area contributed by atoms with Crippen LogP contribution in [0.1, 0.15) is 161 Å². The quantitative estimate of drug-likeness (QED) is 0.108. The Morgan fingerprint density at radius 2 is 0.833 bits per heavy atom. The van der Waals surface area contributed by atoms with Crippen LogP contribution >= 0.6 is 0 Å². The van der Waals surface area contributed by atoms with Gasteiger partial charge in [0, 0.05) is 13.3 Å². The summed E-state index contributed by atoms with van der Waals surface area (Å²) in [4.78, 5) is 0. The Morgan fingerprint density at radius 1 is 0.500 bits per heavy atom. The first-order chi connectivity index (χ1) is 14.8. The summed E-state index contributed by atoms with van der Waals surface area (Å²) in [6.07, 6.45) is 33.6. The highest BCUT2D eigenvalue weighted by Crippen LogP contribution is 2.19. The molecule has 0 aliphatic rings. The molecule has 0 rings (SSSR count). The Balaban J connectivity index is 3.15. The van der Waals surface area contributed by atoms with Gasteiger partial charge in [-0.3, -0.25) is 0 Å². The fourth-order valence-corrected chi connectivity index (χ4v) is 4.44. The summed E-state index contributed by atoms with van der Waals surface area (Å²) in [5.41, 5.74) is 0. The van der Waals surface area contributed by atoms with Crippen molar-refractivity contribution in [3.8, 4) is 11.8 Å². The fourth-order valence-electron chi connectivity index (χ4n) is 4.44. The number of unbranched alkanes of at least 4 members (excludes halogenated alkanes) is 20. The van der Waals surface area contributed by atoms with Crippen LogP contribution in [0.25, 0.3) is 0 Å². The van der Waals surface area contributed by atoms with Crippen molar-refractivity contribution in [3.63, 3.8) is 0 Å². The first kappa shape index (κ1) is 29.6. The van der Waals surface area contributed by atoms with Gasteiger partial charge in [-0.05, 0) is 12.3 Å². The van der Waals surface area contributed by atoms with Gasteiger partial charge in [-0.25, -0.2) is 0 Å². The highest BCUT2D eigenvalue weighted by molar-refractivity contribution is 5.00. The molecule has 1 atom stereocenters. The Hall–Kier alpha value is -0.440. The molecule has 0 aromatic rings. The Labute approximate surface area is 192 Å². The topological polar surface area (TPSA) is 0 Å². The molecule has 0 saturated heterocycles. The molecule has 0 aliphatic heterocycles. The van der Waals surface area contributed by atoms with E-state index in [1.54, 1.807) is 0 Å². The summed E-state index contributed by atoms with van der Waals surface area (Å²) in [5.74, 6) is 6.74. The fraction of sp³-hybridized carbons (Fsp3) is 0.867. The van der Waals surface area contributed by atoms with Gasteiger partial charge in [0.2, 0.25) is 0 Å². The highest BCUT2D eigenvalue weighted by atomic mass is 14.1. The molecule has 0 spiro atoms. The van der Waals surface area contributed by atoms with Gasteiger partial charge in [-0.15, -0.1) is 11.8 Å². The molecule has 0 fully saturated rings. The van der Waals surface area contributed by atoms with Crippen LogP contribution < -0.4 is 0 Å². The molecule has 176 valence electrons. The molecule has 30 heavy (non-hydrogen) atoms. The molecule has 0 amide bonds. The van der Waals surface area contributed by atoms with Crippen molar-refractivity contribution in [2.75, 3.05) is 0 Å². The molecule has 1 unspecified atom stereocenters. The molecule has 0 aromatic carbocycles. The van der Waals surface area contributed by atoms with Gasteiger partial charge in [0.15, 0.2) is 0 Å². The van der Waals surface area contributed by atoms with Crippen molar-refractivity contribution in [2.24, 2.45) is 5.92 Å². The normalized spacial score (nSPS) is 12.0. The third-order valence-corrected chi connectivity index (χ3v) is 6.57. The second kappa shape index (κ2) is 26.6. The lowest BCUT2D eigenvalue weighted by atomic mass is 9.95. The van der Waals surface area contributed by atoms with E-state index in [0.717, 1.165) is 18.8 Å². The van der Waals surface area contributed by atoms with Crippen LogP contribution in [-0.2, 0) is 0 Å². The van der Waals surface area contributed by atoms with Gasteiger partial charge < -0.3 is 0 Å². The Kier molecular flexibility index (Phi) is 26.2. The molecule has 0 aliphatic carbocycles. The first-order valence-electron chi connectivity index (χ1n) is 13.9. The maximum Gasteiger partial charge on any atom is 0.0198 e. The molecular weight excluding hydrogens is 360 g/mol. The molecule has 0 saturated carbocycles. The van der Waals surface area contributed by atoms with Crippen LogP contribution in [0.3, 0.4) is 0 Å². The summed E-state index contributed by atoms with van der Waals surface area (Å²) >= 11 is 0. The van der Waals surface area contributed by atoms with E-state index in [1.807, 2.05) is 0 Å². The monoisotopic (exact) mass is 416 g/mol. The summed E-state index contributed by atoms with van der Waals surface area (Å²) in [6, 6.07) is 0. The lowest BCUT2D eigenvalue weighted by Gasteiger charge is -2.11. The predicted molar refractivity (Wildman–Crippen MR) is 138 cm³/mol. The van der Waals surface area contributed by atoms with Gasteiger partial charge >= 0.3 is 0 Å². The molecule has 0 heterocycles. The van der Waals surface area contributed by atoms with E-state index >= 15 is 0 Å². The van der Waals surface area contributed by atoms with Crippen LogP contribution in [0, 0.1) is 31.6 Å². The lowest BCUT2D eigenvalue weighted by molar-refractivity contribution is 0.430. The Bertz CT molecular complexity index is 358. The molecular formula is C30H56. The summed E-state index contributed by atoms with van der Waals surface area (Å²) in [5, 5.41) is 0. The van der Waals surface area contributed by atoms with Crippen LogP contribution in [0.5, 0.6) is 0 Å². The van der Waals surface area contributed by atoms with E-state index in [-0.39, 0.29) is 0 Å². The first-order valence-corrected chi connectivity index (χ1v) is 13.9. The van der Waals surface area contributed by atoms with Crippen molar-refractivity contribution in [1.82, 2.24) is 0 Å². The van der Waals surface area contributed by atoms with Gasteiger partial charge in [0.1, 0.15) is 0 Å². The third kappa shape index (κ3) is 25.6. The zero-order valence-electron chi connectivity index (χ0n) is 21.0. The number of rotatable bonds is 24. The van der Waals surface area contributed by atoms with Gasteiger partial charge in [-0.1, -0.05) is 155 Å². The molecule has 0 bridgehead atoms. The van der Waals surface area contributed by atoms with E-state index < -0.39 is 0 Å². The second-order valence-corrected chi connectivity index (χ2v) is 9.71. The third-order valence-electron chi connectivity index (χ3n) is 6.57. The molecule has 0 aromatic heterocycles. The average Bonchev–Trinajstić information content (AvgIpc) is 2.75. The minimum absolute atomic E-state index is 0.949. The maximum atomic E-state index is 3.92. The minimum Gasteiger partial charge on any atom is -0.103 e. The van der Waals surface area contributed by atoms with Crippen LogP contribution in [0.2, 0.25) is 0 Å². The summed E-state index contributed by atoms with van der Waals surface area (Å²) < 4.78 is 0. The van der Waals surface area contributed by atoms with E-state index in [4.69, 9.17) is 0 Å². The maximum absolute atomic E-state index is 3.92. The van der Waals surface area contributed by atoms with Crippen molar-refractivity contribution in [1.29, 1.82) is 0 Å². The van der Waals surface area contributed by atoms with Gasteiger partial charge in [0.25, 0.3) is 0 Å².